The number of hydrogen-bond donors (Lipinski definition) is 1. The van der Waals surface area contributed by atoms with Crippen molar-refractivity contribution < 1.29 is 18.7 Å². The Hall–Kier alpha value is -3.35. The molecule has 1 aliphatic heterocycles. The average molecular weight is 478 g/mol. The highest BCUT2D eigenvalue weighted by molar-refractivity contribution is 6.03. The van der Waals surface area contributed by atoms with E-state index in [2.05, 4.69) is 5.32 Å². The van der Waals surface area contributed by atoms with Gasteiger partial charge in [-0.1, -0.05) is 37.8 Å². The first kappa shape index (κ1) is 23.4. The lowest BCUT2D eigenvalue weighted by Gasteiger charge is -2.44. The number of hydrogen-bond acceptors (Lipinski definition) is 3. The molecular formula is C28H32FN3O3. The molecule has 0 spiro atoms. The van der Waals surface area contributed by atoms with Crippen molar-refractivity contribution >= 4 is 22.7 Å². The molecule has 7 heteroatoms. The van der Waals surface area contributed by atoms with E-state index in [1.807, 2.05) is 35.8 Å². The number of halogens is 1. The molecule has 2 aliphatic rings. The number of nitrogens with one attached hydrogen (secondary N) is 1. The predicted molar refractivity (Wildman–Crippen MR) is 133 cm³/mol. The molecule has 35 heavy (non-hydrogen) atoms. The second-order valence-corrected chi connectivity index (χ2v) is 10.00. The van der Waals surface area contributed by atoms with Gasteiger partial charge in [-0.25, -0.2) is 4.39 Å². The molecular weight excluding hydrogens is 445 g/mol. The summed E-state index contributed by atoms with van der Waals surface area (Å²) < 4.78 is 21.3. The molecule has 0 bridgehead atoms. The highest BCUT2D eigenvalue weighted by Crippen LogP contribution is 2.35. The molecule has 2 aromatic carbocycles. The van der Waals surface area contributed by atoms with E-state index in [-0.39, 0.29) is 30.2 Å². The Morgan fingerprint density at radius 3 is 2.60 bits per heavy atom. The van der Waals surface area contributed by atoms with Crippen molar-refractivity contribution in [1.29, 1.82) is 0 Å². The van der Waals surface area contributed by atoms with Crippen molar-refractivity contribution in [1.82, 2.24) is 14.8 Å². The van der Waals surface area contributed by atoms with Gasteiger partial charge in [-0.3, -0.25) is 9.59 Å². The summed E-state index contributed by atoms with van der Waals surface area (Å²) in [5, 5.41) is 4.18. The second kappa shape index (κ2) is 9.36. The molecule has 1 fully saturated rings. The van der Waals surface area contributed by atoms with Crippen molar-refractivity contribution in [3.63, 3.8) is 0 Å². The van der Waals surface area contributed by atoms with Crippen LogP contribution < -0.4 is 10.1 Å². The number of fused-ring (bicyclic) bond motifs is 3. The number of aromatic nitrogens is 1. The maximum Gasteiger partial charge on any atom is 0.271 e. The molecule has 1 atom stereocenters. The fourth-order valence-electron chi connectivity index (χ4n) is 5.49. The van der Waals surface area contributed by atoms with Gasteiger partial charge < -0.3 is 19.5 Å². The molecule has 0 radical (unpaired) electrons. The van der Waals surface area contributed by atoms with E-state index < -0.39 is 5.54 Å². The van der Waals surface area contributed by atoms with Crippen molar-refractivity contribution in [3.8, 4) is 5.75 Å². The Bertz CT molecular complexity index is 1260. The zero-order valence-corrected chi connectivity index (χ0v) is 20.4. The summed E-state index contributed by atoms with van der Waals surface area (Å²) in [4.78, 5) is 29.4. The molecule has 184 valence electrons. The van der Waals surface area contributed by atoms with Crippen LogP contribution in [0, 0.1) is 5.82 Å². The van der Waals surface area contributed by atoms with E-state index in [1.165, 1.54) is 25.0 Å². The third-order valence-electron chi connectivity index (χ3n) is 7.55. The van der Waals surface area contributed by atoms with Gasteiger partial charge in [0.1, 0.15) is 22.8 Å². The minimum Gasteiger partial charge on any atom is -0.497 e. The highest BCUT2D eigenvalue weighted by Gasteiger charge is 2.48. The zero-order valence-electron chi connectivity index (χ0n) is 20.4. The number of carbonyl (C=O) groups excluding carboxylic acids is 2. The molecule has 2 heterocycles. The number of rotatable bonds is 5. The highest BCUT2D eigenvalue weighted by atomic mass is 19.1. The topological polar surface area (TPSA) is 63.6 Å². The Balaban J connectivity index is 1.56. The first-order valence-corrected chi connectivity index (χ1v) is 12.4. The quantitative estimate of drug-likeness (QED) is 0.524. The van der Waals surface area contributed by atoms with Crippen LogP contribution in [0.25, 0.3) is 10.9 Å². The summed E-state index contributed by atoms with van der Waals surface area (Å²) in [6, 6.07) is 13.9. The summed E-state index contributed by atoms with van der Waals surface area (Å²) in [5.41, 5.74) is 0.881. The molecule has 3 aromatic rings. The number of ether oxygens (including phenoxy) is 1. The van der Waals surface area contributed by atoms with Gasteiger partial charge in [-0.15, -0.1) is 0 Å². The Kier molecular flexibility index (Phi) is 6.26. The number of amides is 2. The maximum atomic E-state index is 14.0. The summed E-state index contributed by atoms with van der Waals surface area (Å²) in [7, 11) is 1.61. The molecule has 0 saturated heterocycles. The minimum atomic E-state index is -1.14. The van der Waals surface area contributed by atoms with Crippen LogP contribution in [0.4, 0.5) is 4.39 Å². The van der Waals surface area contributed by atoms with Crippen LogP contribution in [0.3, 0.4) is 0 Å². The van der Waals surface area contributed by atoms with E-state index in [0.717, 1.165) is 36.6 Å². The number of carbonyl (C=O) groups is 2. The number of benzene rings is 2. The fourth-order valence-corrected chi connectivity index (χ4v) is 5.49. The van der Waals surface area contributed by atoms with E-state index >= 15 is 0 Å². The SMILES string of the molecule is COc1ccc2cc3n(c2c1)CC(C)(C(=O)NC1CCCCCC1)N(Cc1cccc(F)c1)C3=O. The fraction of sp³-hybridized carbons (Fsp3) is 0.429. The summed E-state index contributed by atoms with van der Waals surface area (Å²) in [6.45, 7) is 2.28. The number of methoxy groups -OCH3 is 1. The van der Waals surface area contributed by atoms with Crippen LogP contribution in [0.2, 0.25) is 0 Å². The van der Waals surface area contributed by atoms with Crippen LogP contribution in [-0.2, 0) is 17.9 Å². The lowest BCUT2D eigenvalue weighted by atomic mass is 9.93. The van der Waals surface area contributed by atoms with Crippen LogP contribution in [0.1, 0.15) is 61.5 Å². The van der Waals surface area contributed by atoms with Crippen molar-refractivity contribution in [3.05, 3.63) is 65.6 Å². The largest absolute Gasteiger partial charge is 0.497 e. The summed E-state index contributed by atoms with van der Waals surface area (Å²) in [5.74, 6) is -0.0748. The Morgan fingerprint density at radius 2 is 1.89 bits per heavy atom. The van der Waals surface area contributed by atoms with Crippen LogP contribution >= 0.6 is 0 Å². The van der Waals surface area contributed by atoms with E-state index in [0.29, 0.717) is 23.6 Å². The molecule has 1 saturated carbocycles. The molecule has 5 rings (SSSR count). The zero-order chi connectivity index (χ0) is 24.6. The molecule has 1 unspecified atom stereocenters. The van der Waals surface area contributed by atoms with Gasteiger partial charge in [-0.2, -0.15) is 0 Å². The van der Waals surface area contributed by atoms with E-state index in [1.54, 1.807) is 24.1 Å². The molecule has 1 N–H and O–H groups in total. The van der Waals surface area contributed by atoms with Gasteiger partial charge in [0.25, 0.3) is 5.91 Å². The Morgan fingerprint density at radius 1 is 1.11 bits per heavy atom. The standard InChI is InChI=1S/C28H32FN3O3/c1-28(27(34)30-22-10-5-3-4-6-11-22)18-31-24-16-23(35-2)13-12-20(24)15-25(31)26(33)32(28)17-19-8-7-9-21(29)14-19/h7-9,12-16,22H,3-6,10-11,17-18H2,1-2H3,(H,30,34). The van der Waals surface area contributed by atoms with Crippen LogP contribution in [0.5, 0.6) is 5.75 Å². The van der Waals surface area contributed by atoms with Crippen molar-refractivity contribution in [2.75, 3.05) is 7.11 Å². The lowest BCUT2D eigenvalue weighted by molar-refractivity contribution is -0.134. The molecule has 1 aliphatic carbocycles. The maximum absolute atomic E-state index is 14.0. The minimum absolute atomic E-state index is 0.107. The second-order valence-electron chi connectivity index (χ2n) is 10.00. The van der Waals surface area contributed by atoms with Gasteiger partial charge in [-0.05, 0) is 55.7 Å². The monoisotopic (exact) mass is 477 g/mol. The smallest absolute Gasteiger partial charge is 0.271 e. The third kappa shape index (κ3) is 4.40. The van der Waals surface area contributed by atoms with Gasteiger partial charge in [0.2, 0.25) is 5.91 Å². The normalized spacial score (nSPS) is 21.0. The van der Waals surface area contributed by atoms with Crippen LogP contribution in [-0.4, -0.2) is 40.0 Å². The van der Waals surface area contributed by atoms with Gasteiger partial charge in [0, 0.05) is 24.0 Å². The summed E-state index contributed by atoms with van der Waals surface area (Å²) in [6.07, 6.45) is 6.48. The lowest BCUT2D eigenvalue weighted by Crippen LogP contribution is -2.64. The van der Waals surface area contributed by atoms with E-state index in [4.69, 9.17) is 4.74 Å². The molecule has 6 nitrogen and oxygen atoms in total. The molecule has 1 aromatic heterocycles. The van der Waals surface area contributed by atoms with Crippen LogP contribution in [0.15, 0.2) is 48.5 Å². The van der Waals surface area contributed by atoms with Gasteiger partial charge >= 0.3 is 0 Å². The number of nitrogens with zero attached hydrogens (tertiary/aromatic N) is 2. The first-order valence-electron chi connectivity index (χ1n) is 12.4. The van der Waals surface area contributed by atoms with Crippen molar-refractivity contribution in [2.45, 2.75) is 70.1 Å². The predicted octanol–water partition coefficient (Wildman–Crippen LogP) is 5.04. The van der Waals surface area contributed by atoms with Gasteiger partial charge in [0.15, 0.2) is 0 Å². The first-order chi connectivity index (χ1) is 16.9. The van der Waals surface area contributed by atoms with E-state index in [9.17, 15) is 14.0 Å². The summed E-state index contributed by atoms with van der Waals surface area (Å²) >= 11 is 0. The Labute approximate surface area is 205 Å². The average Bonchev–Trinajstić information content (AvgIpc) is 3.01. The third-order valence-corrected chi connectivity index (χ3v) is 7.55. The van der Waals surface area contributed by atoms with Crippen molar-refractivity contribution in [2.24, 2.45) is 0 Å². The molecule has 2 amide bonds. The van der Waals surface area contributed by atoms with Gasteiger partial charge in [0.05, 0.1) is 19.2 Å².